The van der Waals surface area contributed by atoms with Gasteiger partial charge < -0.3 is 9.72 Å². The highest BCUT2D eigenvalue weighted by molar-refractivity contribution is 7.71. The molecule has 1 N–H and O–H groups in total. The van der Waals surface area contributed by atoms with Crippen LogP contribution in [0.3, 0.4) is 0 Å². The zero-order valence-electron chi connectivity index (χ0n) is 10.7. The minimum absolute atomic E-state index is 0.182. The van der Waals surface area contributed by atoms with E-state index in [-0.39, 0.29) is 10.5 Å². The second kappa shape index (κ2) is 5.24. The van der Waals surface area contributed by atoms with Crippen LogP contribution in [-0.4, -0.2) is 17.1 Å². The summed E-state index contributed by atoms with van der Waals surface area (Å²) in [7, 11) is 1.52. The highest BCUT2D eigenvalue weighted by Crippen LogP contribution is 2.31. The first-order valence-electron chi connectivity index (χ1n) is 5.65. The molecule has 0 fully saturated rings. The highest BCUT2D eigenvalue weighted by Gasteiger charge is 2.32. The average molecular weight is 300 g/mol. The third-order valence-electron chi connectivity index (χ3n) is 2.76. The number of nitrogens with one attached hydrogen (secondary N) is 1. The molecule has 1 aromatic carbocycles. The van der Waals surface area contributed by atoms with Crippen LogP contribution in [0.25, 0.3) is 11.3 Å². The fourth-order valence-corrected chi connectivity index (χ4v) is 2.01. The van der Waals surface area contributed by atoms with Crippen molar-refractivity contribution in [3.63, 3.8) is 0 Å². The second-order valence-electron chi connectivity index (χ2n) is 4.16. The molecule has 0 saturated heterocycles. The molecule has 3 nitrogen and oxygen atoms in total. The minimum atomic E-state index is -4.49. The fourth-order valence-electron chi connectivity index (χ4n) is 1.80. The lowest BCUT2D eigenvalue weighted by Crippen LogP contribution is -2.09. The van der Waals surface area contributed by atoms with Crippen molar-refractivity contribution in [2.24, 2.45) is 0 Å². The van der Waals surface area contributed by atoms with Gasteiger partial charge in [0.2, 0.25) is 0 Å². The molecular weight excluding hydrogens is 289 g/mol. The summed E-state index contributed by atoms with van der Waals surface area (Å²) in [5.74, 6) is 0.628. The molecule has 0 spiro atoms. The number of hydrogen-bond donors (Lipinski definition) is 1. The van der Waals surface area contributed by atoms with Crippen LogP contribution in [0.1, 0.15) is 11.3 Å². The quantitative estimate of drug-likeness (QED) is 0.847. The van der Waals surface area contributed by atoms with E-state index in [9.17, 15) is 13.2 Å². The number of nitrogens with zero attached hydrogens (tertiary/aromatic N) is 1. The van der Waals surface area contributed by atoms with Crippen molar-refractivity contribution in [1.82, 2.24) is 9.97 Å². The van der Waals surface area contributed by atoms with Crippen molar-refractivity contribution in [3.05, 3.63) is 40.3 Å². The van der Waals surface area contributed by atoms with Crippen LogP contribution in [-0.2, 0) is 6.18 Å². The number of methoxy groups -OCH3 is 1. The average Bonchev–Trinajstić information content (AvgIpc) is 2.36. The number of aromatic amines is 1. The van der Waals surface area contributed by atoms with Gasteiger partial charge in [0.25, 0.3) is 0 Å². The first-order chi connectivity index (χ1) is 9.31. The molecule has 0 aliphatic carbocycles. The number of aromatic nitrogens is 2. The molecule has 0 aliphatic rings. The summed E-state index contributed by atoms with van der Waals surface area (Å²) in [4.78, 5) is 6.01. The van der Waals surface area contributed by atoms with E-state index in [2.05, 4.69) is 9.97 Å². The predicted octanol–water partition coefficient (Wildman–Crippen LogP) is 4.14. The molecular formula is C13H11F3N2OS. The van der Waals surface area contributed by atoms with Crippen molar-refractivity contribution in [3.8, 4) is 17.0 Å². The maximum atomic E-state index is 12.8. The molecule has 1 heterocycles. The summed E-state index contributed by atoms with van der Waals surface area (Å²) in [6.07, 6.45) is -4.49. The summed E-state index contributed by atoms with van der Waals surface area (Å²) in [5.41, 5.74) is 0.603. The SMILES string of the molecule is COc1ccc(-c2cc(C(F)(F)F)[nH]c(=S)n2)c(C)c1. The minimum Gasteiger partial charge on any atom is -0.497 e. The summed E-state index contributed by atoms with van der Waals surface area (Å²) in [5, 5.41) is 0. The molecule has 2 aromatic rings. The van der Waals surface area contributed by atoms with E-state index in [4.69, 9.17) is 17.0 Å². The number of hydrogen-bond acceptors (Lipinski definition) is 3. The Hall–Kier alpha value is -1.89. The topological polar surface area (TPSA) is 37.9 Å². The third-order valence-corrected chi connectivity index (χ3v) is 2.95. The number of halogens is 3. The van der Waals surface area contributed by atoms with E-state index in [1.54, 1.807) is 25.1 Å². The van der Waals surface area contributed by atoms with E-state index in [1.807, 2.05) is 0 Å². The van der Waals surface area contributed by atoms with Gasteiger partial charge in [-0.05, 0) is 49.0 Å². The molecule has 20 heavy (non-hydrogen) atoms. The molecule has 0 saturated carbocycles. The lowest BCUT2D eigenvalue weighted by molar-refractivity contribution is -0.141. The normalized spacial score (nSPS) is 11.4. The van der Waals surface area contributed by atoms with Gasteiger partial charge in [0.15, 0.2) is 4.77 Å². The molecule has 106 valence electrons. The first kappa shape index (κ1) is 14.5. The fraction of sp³-hybridized carbons (Fsp3) is 0.231. The Morgan fingerprint density at radius 2 is 1.95 bits per heavy atom. The lowest BCUT2D eigenvalue weighted by atomic mass is 10.0. The Balaban J connectivity index is 2.59. The number of H-pyrrole nitrogens is 1. The summed E-state index contributed by atoms with van der Waals surface area (Å²) >= 11 is 4.76. The summed E-state index contributed by atoms with van der Waals surface area (Å²) in [6.45, 7) is 1.77. The van der Waals surface area contributed by atoms with E-state index < -0.39 is 11.9 Å². The molecule has 0 amide bonds. The first-order valence-corrected chi connectivity index (χ1v) is 6.05. The second-order valence-corrected chi connectivity index (χ2v) is 4.55. The van der Waals surface area contributed by atoms with Gasteiger partial charge in [0.05, 0.1) is 12.8 Å². The summed E-state index contributed by atoms with van der Waals surface area (Å²) < 4.78 is 43.1. The Morgan fingerprint density at radius 3 is 2.50 bits per heavy atom. The Morgan fingerprint density at radius 1 is 1.25 bits per heavy atom. The van der Waals surface area contributed by atoms with Crippen molar-refractivity contribution in [2.75, 3.05) is 7.11 Å². The number of ether oxygens (including phenoxy) is 1. The molecule has 0 unspecified atom stereocenters. The van der Waals surface area contributed by atoms with E-state index >= 15 is 0 Å². The van der Waals surface area contributed by atoms with Crippen LogP contribution in [0.5, 0.6) is 5.75 Å². The third kappa shape index (κ3) is 2.98. The number of rotatable bonds is 2. The van der Waals surface area contributed by atoms with Crippen molar-refractivity contribution < 1.29 is 17.9 Å². The van der Waals surface area contributed by atoms with Crippen molar-refractivity contribution in [1.29, 1.82) is 0 Å². The zero-order chi connectivity index (χ0) is 14.9. The van der Waals surface area contributed by atoms with E-state index in [0.717, 1.165) is 11.6 Å². The molecule has 0 radical (unpaired) electrons. The molecule has 2 rings (SSSR count). The number of benzene rings is 1. The Labute approximate surface area is 118 Å². The smallest absolute Gasteiger partial charge is 0.431 e. The molecule has 0 atom stereocenters. The predicted molar refractivity (Wildman–Crippen MR) is 71.1 cm³/mol. The Bertz CT molecular complexity index is 695. The van der Waals surface area contributed by atoms with Crippen LogP contribution >= 0.6 is 12.2 Å². The van der Waals surface area contributed by atoms with Gasteiger partial charge in [0, 0.05) is 5.56 Å². The molecule has 1 aromatic heterocycles. The van der Waals surface area contributed by atoms with Crippen LogP contribution in [0.15, 0.2) is 24.3 Å². The summed E-state index contributed by atoms with van der Waals surface area (Å²) in [6, 6.07) is 6.00. The maximum Gasteiger partial charge on any atom is 0.431 e. The van der Waals surface area contributed by atoms with Gasteiger partial charge >= 0.3 is 6.18 Å². The Kier molecular flexibility index (Phi) is 3.80. The highest BCUT2D eigenvalue weighted by atomic mass is 32.1. The number of aryl methyl sites for hydroxylation is 1. The monoisotopic (exact) mass is 300 g/mol. The zero-order valence-corrected chi connectivity index (χ0v) is 11.5. The van der Waals surface area contributed by atoms with Gasteiger partial charge in [0.1, 0.15) is 11.4 Å². The molecule has 0 aliphatic heterocycles. The van der Waals surface area contributed by atoms with Crippen molar-refractivity contribution in [2.45, 2.75) is 13.1 Å². The van der Waals surface area contributed by atoms with Crippen LogP contribution in [0, 0.1) is 11.7 Å². The van der Waals surface area contributed by atoms with Crippen LogP contribution < -0.4 is 4.74 Å². The van der Waals surface area contributed by atoms with Gasteiger partial charge in [-0.1, -0.05) is 0 Å². The standard InChI is InChI=1S/C13H11F3N2OS/c1-7-5-8(19-2)3-4-9(7)10-6-11(13(14,15)16)18-12(20)17-10/h3-6H,1-2H3,(H,17,18,20). The van der Waals surface area contributed by atoms with Crippen LogP contribution in [0.2, 0.25) is 0 Å². The van der Waals surface area contributed by atoms with Crippen LogP contribution in [0.4, 0.5) is 13.2 Å². The van der Waals surface area contributed by atoms with E-state index in [0.29, 0.717) is 11.3 Å². The maximum absolute atomic E-state index is 12.8. The lowest BCUT2D eigenvalue weighted by Gasteiger charge is -2.11. The largest absolute Gasteiger partial charge is 0.497 e. The van der Waals surface area contributed by atoms with Gasteiger partial charge in [-0.2, -0.15) is 13.2 Å². The van der Waals surface area contributed by atoms with E-state index in [1.165, 1.54) is 7.11 Å². The van der Waals surface area contributed by atoms with Crippen molar-refractivity contribution >= 4 is 12.2 Å². The number of alkyl halides is 3. The molecule has 7 heteroatoms. The van der Waals surface area contributed by atoms with Gasteiger partial charge in [-0.3, -0.25) is 0 Å². The van der Waals surface area contributed by atoms with Gasteiger partial charge in [-0.25, -0.2) is 4.98 Å². The molecule has 0 bridgehead atoms. The van der Waals surface area contributed by atoms with Gasteiger partial charge in [-0.15, -0.1) is 0 Å².